The van der Waals surface area contributed by atoms with Gasteiger partial charge in [0.2, 0.25) is 5.82 Å². The molecule has 3 heterocycles. The van der Waals surface area contributed by atoms with Crippen LogP contribution in [-0.4, -0.2) is 56.7 Å². The summed E-state index contributed by atoms with van der Waals surface area (Å²) >= 11 is 1.56. The van der Waals surface area contributed by atoms with Crippen molar-refractivity contribution in [2.75, 3.05) is 19.6 Å². The molecule has 1 amide bonds. The number of aromatic nitrogens is 4. The highest BCUT2D eigenvalue weighted by Gasteiger charge is 2.20. The van der Waals surface area contributed by atoms with Crippen LogP contribution in [0.2, 0.25) is 0 Å². The molecule has 158 valence electrons. The second-order valence-electron chi connectivity index (χ2n) is 7.74. The molecule has 1 aliphatic rings. The predicted molar refractivity (Wildman–Crippen MR) is 118 cm³/mol. The maximum absolute atomic E-state index is 12.2. The summed E-state index contributed by atoms with van der Waals surface area (Å²) in [7, 11) is 0. The Morgan fingerprint density at radius 2 is 1.87 bits per heavy atom. The molecule has 3 aromatic rings. The fourth-order valence-corrected chi connectivity index (χ4v) is 4.41. The Morgan fingerprint density at radius 1 is 1.07 bits per heavy atom. The number of likely N-dealkylation sites (tertiary alicyclic amines) is 1. The molecule has 1 aliphatic heterocycles. The van der Waals surface area contributed by atoms with E-state index in [0.29, 0.717) is 11.9 Å². The number of nitrogens with one attached hydrogen (secondary N) is 1. The summed E-state index contributed by atoms with van der Waals surface area (Å²) in [6.45, 7) is 4.03. The number of thiophene rings is 1. The summed E-state index contributed by atoms with van der Waals surface area (Å²) in [5.74, 6) is 0.747. The smallest absolute Gasteiger partial charge is 0.252 e. The average molecular weight is 425 g/mol. The maximum Gasteiger partial charge on any atom is 0.252 e. The van der Waals surface area contributed by atoms with Gasteiger partial charge in [-0.15, -0.1) is 10.2 Å². The lowest BCUT2D eigenvalue weighted by Crippen LogP contribution is -2.44. The van der Waals surface area contributed by atoms with Crippen molar-refractivity contribution >= 4 is 17.2 Å². The minimum atomic E-state index is 0.0619. The first-order valence-electron chi connectivity index (χ1n) is 10.7. The third kappa shape index (κ3) is 5.73. The number of piperidine rings is 1. The van der Waals surface area contributed by atoms with Crippen molar-refractivity contribution in [3.63, 3.8) is 0 Å². The Bertz CT molecular complexity index is 903. The third-order valence-electron chi connectivity index (χ3n) is 5.52. The van der Waals surface area contributed by atoms with Crippen LogP contribution < -0.4 is 5.32 Å². The lowest BCUT2D eigenvalue weighted by Gasteiger charge is -2.32. The summed E-state index contributed by atoms with van der Waals surface area (Å²) in [6, 6.07) is 12.1. The molecule has 0 unspecified atom stereocenters. The van der Waals surface area contributed by atoms with E-state index in [4.69, 9.17) is 0 Å². The van der Waals surface area contributed by atoms with E-state index in [1.54, 1.807) is 16.1 Å². The fraction of sp³-hybridized carbons (Fsp3) is 0.455. The number of hydrogen-bond acceptors (Lipinski definition) is 6. The van der Waals surface area contributed by atoms with Crippen LogP contribution in [0.25, 0.3) is 11.4 Å². The summed E-state index contributed by atoms with van der Waals surface area (Å²) in [6.07, 6.45) is 5.43. The number of carbonyl (C=O) groups is 1. The summed E-state index contributed by atoms with van der Waals surface area (Å²) in [4.78, 5) is 16.4. The van der Waals surface area contributed by atoms with E-state index < -0.39 is 0 Å². The van der Waals surface area contributed by atoms with E-state index in [1.807, 2.05) is 47.2 Å². The Hall–Kier alpha value is -2.58. The highest BCUT2D eigenvalue weighted by atomic mass is 32.1. The molecule has 0 bridgehead atoms. The van der Waals surface area contributed by atoms with Crippen LogP contribution in [0.3, 0.4) is 0 Å². The highest BCUT2D eigenvalue weighted by Crippen LogP contribution is 2.14. The minimum absolute atomic E-state index is 0.0619. The van der Waals surface area contributed by atoms with Gasteiger partial charge in [-0.1, -0.05) is 36.8 Å². The maximum atomic E-state index is 12.2. The standard InChI is InChI=1S/C22H28N6OS/c29-22(19-11-16-30-17-19)23-20-9-14-27(15-10-20)12-5-2-6-13-28-25-21(24-26-28)18-7-3-1-4-8-18/h1,3-4,7-8,11,16-17,20H,2,5-6,9-10,12-15H2,(H,23,29). The first-order chi connectivity index (χ1) is 14.8. The molecule has 1 fully saturated rings. The first kappa shape index (κ1) is 20.7. The zero-order valence-electron chi connectivity index (χ0n) is 17.1. The molecule has 1 saturated heterocycles. The van der Waals surface area contributed by atoms with Crippen molar-refractivity contribution in [2.24, 2.45) is 0 Å². The number of amides is 1. The predicted octanol–water partition coefficient (Wildman–Crippen LogP) is 3.47. The molecule has 1 aromatic carbocycles. The largest absolute Gasteiger partial charge is 0.349 e. The van der Waals surface area contributed by atoms with E-state index in [2.05, 4.69) is 25.6 Å². The molecule has 8 heteroatoms. The zero-order chi connectivity index (χ0) is 20.6. The lowest BCUT2D eigenvalue weighted by atomic mass is 10.0. The van der Waals surface area contributed by atoms with Crippen LogP contribution >= 0.6 is 11.3 Å². The van der Waals surface area contributed by atoms with Crippen molar-refractivity contribution < 1.29 is 4.79 Å². The molecule has 7 nitrogen and oxygen atoms in total. The van der Waals surface area contributed by atoms with Crippen molar-refractivity contribution in [3.8, 4) is 11.4 Å². The lowest BCUT2D eigenvalue weighted by molar-refractivity contribution is 0.0911. The normalized spacial score (nSPS) is 15.3. The molecule has 0 saturated carbocycles. The minimum Gasteiger partial charge on any atom is -0.349 e. The van der Waals surface area contributed by atoms with Crippen LogP contribution in [0.15, 0.2) is 47.2 Å². The van der Waals surface area contributed by atoms with Gasteiger partial charge in [-0.05, 0) is 48.9 Å². The van der Waals surface area contributed by atoms with Crippen molar-refractivity contribution in [3.05, 3.63) is 52.7 Å². The molecular weight excluding hydrogens is 396 g/mol. The number of carbonyl (C=O) groups excluding carboxylic acids is 1. The number of aryl methyl sites for hydroxylation is 1. The van der Waals surface area contributed by atoms with Gasteiger partial charge < -0.3 is 10.2 Å². The number of rotatable bonds is 9. The van der Waals surface area contributed by atoms with Gasteiger partial charge in [-0.2, -0.15) is 16.1 Å². The Morgan fingerprint density at radius 3 is 2.63 bits per heavy atom. The van der Waals surface area contributed by atoms with Crippen LogP contribution in [0, 0.1) is 0 Å². The molecule has 0 atom stereocenters. The van der Waals surface area contributed by atoms with E-state index in [1.165, 1.54) is 6.42 Å². The zero-order valence-corrected chi connectivity index (χ0v) is 17.9. The van der Waals surface area contributed by atoms with Crippen LogP contribution in [0.5, 0.6) is 0 Å². The van der Waals surface area contributed by atoms with Gasteiger partial charge in [-0.3, -0.25) is 4.79 Å². The Balaban J connectivity index is 1.09. The molecule has 1 N–H and O–H groups in total. The molecular formula is C22H28N6OS. The summed E-state index contributed by atoms with van der Waals surface area (Å²) < 4.78 is 0. The Labute approximate surface area is 181 Å². The Kier molecular flexibility index (Phi) is 7.20. The van der Waals surface area contributed by atoms with Crippen LogP contribution in [-0.2, 0) is 6.54 Å². The van der Waals surface area contributed by atoms with Gasteiger partial charge in [0, 0.05) is 35.6 Å². The van der Waals surface area contributed by atoms with Crippen LogP contribution in [0.1, 0.15) is 42.5 Å². The molecule has 4 rings (SSSR count). The van der Waals surface area contributed by atoms with E-state index >= 15 is 0 Å². The monoisotopic (exact) mass is 424 g/mol. The molecule has 2 aromatic heterocycles. The van der Waals surface area contributed by atoms with Gasteiger partial charge in [0.1, 0.15) is 0 Å². The summed E-state index contributed by atoms with van der Waals surface area (Å²) in [5, 5.41) is 19.8. The topological polar surface area (TPSA) is 75.9 Å². The van der Waals surface area contributed by atoms with E-state index in [9.17, 15) is 4.79 Å². The van der Waals surface area contributed by atoms with Gasteiger partial charge in [0.05, 0.1) is 6.54 Å². The van der Waals surface area contributed by atoms with Crippen molar-refractivity contribution in [1.29, 1.82) is 0 Å². The quantitative estimate of drug-likeness (QED) is 0.533. The first-order valence-corrected chi connectivity index (χ1v) is 11.6. The second-order valence-corrected chi connectivity index (χ2v) is 8.52. The number of unbranched alkanes of at least 4 members (excludes halogenated alkanes) is 2. The second kappa shape index (κ2) is 10.4. The highest BCUT2D eigenvalue weighted by molar-refractivity contribution is 7.08. The fourth-order valence-electron chi connectivity index (χ4n) is 3.77. The van der Waals surface area contributed by atoms with Gasteiger partial charge in [0.25, 0.3) is 5.91 Å². The average Bonchev–Trinajstić information content (AvgIpc) is 3.48. The molecule has 0 radical (unpaired) electrons. The van der Waals surface area contributed by atoms with Crippen LogP contribution in [0.4, 0.5) is 0 Å². The summed E-state index contributed by atoms with van der Waals surface area (Å²) in [5.41, 5.74) is 1.78. The van der Waals surface area contributed by atoms with Gasteiger partial charge in [0.15, 0.2) is 0 Å². The molecule has 0 spiro atoms. The number of benzene rings is 1. The van der Waals surface area contributed by atoms with Crippen molar-refractivity contribution in [2.45, 2.75) is 44.7 Å². The number of hydrogen-bond donors (Lipinski definition) is 1. The number of tetrazole rings is 1. The van der Waals surface area contributed by atoms with E-state index in [0.717, 1.165) is 63.0 Å². The molecule has 30 heavy (non-hydrogen) atoms. The third-order valence-corrected chi connectivity index (χ3v) is 6.21. The molecule has 0 aliphatic carbocycles. The van der Waals surface area contributed by atoms with Gasteiger partial charge in [-0.25, -0.2) is 0 Å². The van der Waals surface area contributed by atoms with E-state index in [-0.39, 0.29) is 5.91 Å². The SMILES string of the molecule is O=C(NC1CCN(CCCCCn2nnc(-c3ccccc3)n2)CC1)c1ccsc1. The van der Waals surface area contributed by atoms with Gasteiger partial charge >= 0.3 is 0 Å². The number of nitrogens with zero attached hydrogens (tertiary/aromatic N) is 5. The van der Waals surface area contributed by atoms with Crippen molar-refractivity contribution in [1.82, 2.24) is 30.4 Å².